The second kappa shape index (κ2) is 7.39. The number of amides is 2. The molecule has 0 heterocycles. The first kappa shape index (κ1) is 16.9. The van der Waals surface area contributed by atoms with Crippen molar-refractivity contribution in [2.75, 3.05) is 0 Å². The zero-order valence-electron chi connectivity index (χ0n) is 12.4. The number of rotatable bonds is 8. The molecule has 0 radical (unpaired) electrons. The number of primary amides is 1. The molecule has 1 atom stereocenters. The molecule has 0 aliphatic rings. The molecule has 0 aliphatic heterocycles. The minimum atomic E-state index is -0.545. The smallest absolute Gasteiger partial charge is 0.239 e. The molecule has 0 saturated heterocycles. The van der Waals surface area contributed by atoms with E-state index in [0.717, 1.165) is 19.3 Å². The summed E-state index contributed by atoms with van der Waals surface area (Å²) in [6.45, 7) is 10.00. The van der Waals surface area contributed by atoms with E-state index in [2.05, 4.69) is 19.2 Å². The van der Waals surface area contributed by atoms with Crippen LogP contribution in [0.25, 0.3) is 0 Å². The van der Waals surface area contributed by atoms with E-state index in [-0.39, 0.29) is 5.91 Å². The van der Waals surface area contributed by atoms with Crippen molar-refractivity contribution in [3.63, 3.8) is 0 Å². The maximum Gasteiger partial charge on any atom is 0.239 e. The molecule has 0 bridgehead atoms. The first-order chi connectivity index (χ1) is 8.20. The highest BCUT2D eigenvalue weighted by Crippen LogP contribution is 2.22. The van der Waals surface area contributed by atoms with E-state index in [0.29, 0.717) is 12.3 Å². The van der Waals surface area contributed by atoms with Gasteiger partial charge in [0.25, 0.3) is 0 Å². The summed E-state index contributed by atoms with van der Waals surface area (Å²) in [5, 5.41) is 2.78. The molecule has 1 unspecified atom stereocenters. The van der Waals surface area contributed by atoms with Crippen molar-refractivity contribution in [3.05, 3.63) is 0 Å². The fourth-order valence-corrected chi connectivity index (χ4v) is 1.88. The minimum absolute atomic E-state index is 0.0862. The standard InChI is InChI=1S/C14H28N2O2/c1-6-9-14(4,5)13(18)16-11(12(15)17)8-7-10(2)3/h10-11H,6-9H2,1-5H3,(H2,15,17)(H,16,18). The van der Waals surface area contributed by atoms with Gasteiger partial charge in [0.1, 0.15) is 6.04 Å². The van der Waals surface area contributed by atoms with Gasteiger partial charge in [-0.15, -0.1) is 0 Å². The summed E-state index contributed by atoms with van der Waals surface area (Å²) < 4.78 is 0. The molecular formula is C14H28N2O2. The van der Waals surface area contributed by atoms with Crippen LogP contribution in [-0.4, -0.2) is 17.9 Å². The van der Waals surface area contributed by atoms with Crippen LogP contribution in [0.1, 0.15) is 60.3 Å². The van der Waals surface area contributed by atoms with Gasteiger partial charge in [0, 0.05) is 5.41 Å². The van der Waals surface area contributed by atoms with Crippen molar-refractivity contribution in [2.24, 2.45) is 17.1 Å². The fraction of sp³-hybridized carbons (Fsp3) is 0.857. The Kier molecular flexibility index (Phi) is 6.96. The Morgan fingerprint density at radius 2 is 1.78 bits per heavy atom. The molecule has 0 aromatic rings. The van der Waals surface area contributed by atoms with Gasteiger partial charge in [-0.1, -0.05) is 41.0 Å². The molecule has 0 aliphatic carbocycles. The van der Waals surface area contributed by atoms with Gasteiger partial charge in [-0.2, -0.15) is 0 Å². The molecule has 0 fully saturated rings. The lowest BCUT2D eigenvalue weighted by atomic mass is 9.86. The highest BCUT2D eigenvalue weighted by Gasteiger charge is 2.29. The first-order valence-corrected chi connectivity index (χ1v) is 6.81. The molecule has 18 heavy (non-hydrogen) atoms. The Balaban J connectivity index is 4.49. The summed E-state index contributed by atoms with van der Waals surface area (Å²) in [6, 6.07) is -0.545. The van der Waals surface area contributed by atoms with Gasteiger partial charge >= 0.3 is 0 Å². The van der Waals surface area contributed by atoms with E-state index in [1.807, 2.05) is 20.8 Å². The van der Waals surface area contributed by atoms with Gasteiger partial charge in [0.15, 0.2) is 0 Å². The molecule has 106 valence electrons. The molecule has 0 aromatic carbocycles. The Labute approximate surface area is 111 Å². The van der Waals surface area contributed by atoms with E-state index in [1.165, 1.54) is 0 Å². The maximum absolute atomic E-state index is 12.1. The largest absolute Gasteiger partial charge is 0.368 e. The predicted octanol–water partition coefficient (Wildman–Crippen LogP) is 2.22. The average Bonchev–Trinajstić information content (AvgIpc) is 2.22. The first-order valence-electron chi connectivity index (χ1n) is 6.81. The SMILES string of the molecule is CCCC(C)(C)C(=O)NC(CCC(C)C)C(N)=O. The van der Waals surface area contributed by atoms with E-state index < -0.39 is 17.4 Å². The summed E-state index contributed by atoms with van der Waals surface area (Å²) in [6.07, 6.45) is 3.23. The zero-order valence-corrected chi connectivity index (χ0v) is 12.4. The summed E-state index contributed by atoms with van der Waals surface area (Å²) in [5.41, 5.74) is 4.89. The van der Waals surface area contributed by atoms with Crippen molar-refractivity contribution in [3.8, 4) is 0 Å². The van der Waals surface area contributed by atoms with Gasteiger partial charge < -0.3 is 11.1 Å². The molecule has 4 heteroatoms. The van der Waals surface area contributed by atoms with Crippen molar-refractivity contribution >= 4 is 11.8 Å². The van der Waals surface area contributed by atoms with Gasteiger partial charge in [-0.25, -0.2) is 0 Å². The van der Waals surface area contributed by atoms with Gasteiger partial charge in [-0.05, 0) is 25.2 Å². The lowest BCUT2D eigenvalue weighted by Crippen LogP contribution is -2.49. The molecule has 0 rings (SSSR count). The number of carbonyl (C=O) groups is 2. The Hall–Kier alpha value is -1.06. The van der Waals surface area contributed by atoms with Crippen LogP contribution in [0.3, 0.4) is 0 Å². The maximum atomic E-state index is 12.1. The fourth-order valence-electron chi connectivity index (χ4n) is 1.88. The summed E-state index contributed by atoms with van der Waals surface area (Å²) in [4.78, 5) is 23.4. The number of carbonyl (C=O) groups excluding carboxylic acids is 2. The van der Waals surface area contributed by atoms with Crippen molar-refractivity contribution < 1.29 is 9.59 Å². The number of hydrogen-bond acceptors (Lipinski definition) is 2. The van der Waals surface area contributed by atoms with Gasteiger partial charge in [-0.3, -0.25) is 9.59 Å². The highest BCUT2D eigenvalue weighted by molar-refractivity contribution is 5.88. The Morgan fingerprint density at radius 1 is 1.22 bits per heavy atom. The highest BCUT2D eigenvalue weighted by atomic mass is 16.2. The van der Waals surface area contributed by atoms with Crippen LogP contribution in [0.15, 0.2) is 0 Å². The number of nitrogens with one attached hydrogen (secondary N) is 1. The van der Waals surface area contributed by atoms with Crippen LogP contribution < -0.4 is 11.1 Å². The molecule has 0 aromatic heterocycles. The van der Waals surface area contributed by atoms with Gasteiger partial charge in [0.2, 0.25) is 11.8 Å². The number of nitrogens with two attached hydrogens (primary N) is 1. The lowest BCUT2D eigenvalue weighted by Gasteiger charge is -2.26. The van der Waals surface area contributed by atoms with E-state index >= 15 is 0 Å². The average molecular weight is 256 g/mol. The lowest BCUT2D eigenvalue weighted by molar-refractivity contribution is -0.133. The minimum Gasteiger partial charge on any atom is -0.368 e. The predicted molar refractivity (Wildman–Crippen MR) is 73.9 cm³/mol. The molecule has 0 saturated carbocycles. The monoisotopic (exact) mass is 256 g/mol. The Morgan fingerprint density at radius 3 is 2.17 bits per heavy atom. The second-order valence-electron chi connectivity index (χ2n) is 6.03. The van der Waals surface area contributed by atoms with Crippen molar-refractivity contribution in [1.29, 1.82) is 0 Å². The van der Waals surface area contributed by atoms with Crippen LogP contribution in [0, 0.1) is 11.3 Å². The third-order valence-corrected chi connectivity index (χ3v) is 3.17. The van der Waals surface area contributed by atoms with E-state index in [1.54, 1.807) is 0 Å². The topological polar surface area (TPSA) is 72.2 Å². The Bertz CT molecular complexity index is 286. The third kappa shape index (κ3) is 6.03. The van der Waals surface area contributed by atoms with Crippen LogP contribution >= 0.6 is 0 Å². The normalized spacial score (nSPS) is 13.4. The van der Waals surface area contributed by atoms with Crippen LogP contribution in [0.4, 0.5) is 0 Å². The quantitative estimate of drug-likeness (QED) is 0.699. The third-order valence-electron chi connectivity index (χ3n) is 3.17. The van der Waals surface area contributed by atoms with Crippen LogP contribution in [-0.2, 0) is 9.59 Å². The summed E-state index contributed by atoms with van der Waals surface area (Å²) in [7, 11) is 0. The summed E-state index contributed by atoms with van der Waals surface area (Å²) >= 11 is 0. The number of hydrogen-bond donors (Lipinski definition) is 2. The molecule has 3 N–H and O–H groups in total. The summed E-state index contributed by atoms with van der Waals surface area (Å²) in [5.74, 6) is -0.0411. The molecular weight excluding hydrogens is 228 g/mol. The van der Waals surface area contributed by atoms with Crippen LogP contribution in [0.2, 0.25) is 0 Å². The molecule has 0 spiro atoms. The zero-order chi connectivity index (χ0) is 14.3. The van der Waals surface area contributed by atoms with Crippen molar-refractivity contribution in [2.45, 2.75) is 66.3 Å². The molecule has 4 nitrogen and oxygen atoms in total. The van der Waals surface area contributed by atoms with Crippen LogP contribution in [0.5, 0.6) is 0 Å². The second-order valence-corrected chi connectivity index (χ2v) is 6.03. The van der Waals surface area contributed by atoms with E-state index in [9.17, 15) is 9.59 Å². The van der Waals surface area contributed by atoms with E-state index in [4.69, 9.17) is 5.73 Å². The molecule has 2 amide bonds. The van der Waals surface area contributed by atoms with Crippen molar-refractivity contribution in [1.82, 2.24) is 5.32 Å². The van der Waals surface area contributed by atoms with Gasteiger partial charge in [0.05, 0.1) is 0 Å².